The highest BCUT2D eigenvalue weighted by molar-refractivity contribution is 9.10. The van der Waals surface area contributed by atoms with Gasteiger partial charge >= 0.3 is 0 Å². The van der Waals surface area contributed by atoms with Crippen LogP contribution >= 0.6 is 27.5 Å². The van der Waals surface area contributed by atoms with Crippen LogP contribution in [0.15, 0.2) is 53.4 Å². The van der Waals surface area contributed by atoms with E-state index in [1.165, 1.54) is 31.5 Å². The molecular formula is C24H28BrClN6. The lowest BCUT2D eigenvalue weighted by atomic mass is 10.0. The first-order chi connectivity index (χ1) is 15.7. The topological polar surface area (TPSA) is 51.3 Å². The number of aromatic nitrogens is 3. The molecule has 6 nitrogen and oxygen atoms in total. The molecule has 0 radical (unpaired) electrons. The minimum atomic E-state index is 0.683. The fourth-order valence-corrected chi connectivity index (χ4v) is 5.36. The minimum Gasteiger partial charge on any atom is -0.353 e. The second-order valence-electron chi connectivity index (χ2n) is 8.62. The molecular weight excluding hydrogens is 488 g/mol. The Morgan fingerprint density at radius 2 is 1.75 bits per heavy atom. The van der Waals surface area contributed by atoms with Gasteiger partial charge in [-0.25, -0.2) is 9.97 Å². The Bertz CT molecular complexity index is 1010. The van der Waals surface area contributed by atoms with Crippen molar-refractivity contribution < 1.29 is 0 Å². The van der Waals surface area contributed by atoms with Gasteiger partial charge in [-0.2, -0.15) is 0 Å². The third kappa shape index (κ3) is 5.01. The lowest BCUT2D eigenvalue weighted by Gasteiger charge is -2.43. The number of imidazole rings is 1. The van der Waals surface area contributed by atoms with Crippen molar-refractivity contribution in [3.63, 3.8) is 0 Å². The minimum absolute atomic E-state index is 0.683. The molecule has 2 aliphatic rings. The van der Waals surface area contributed by atoms with Crippen LogP contribution in [0.1, 0.15) is 18.4 Å². The van der Waals surface area contributed by atoms with Gasteiger partial charge in [0.1, 0.15) is 11.6 Å². The summed E-state index contributed by atoms with van der Waals surface area (Å²) in [4.78, 5) is 19.6. The molecule has 1 aromatic carbocycles. The van der Waals surface area contributed by atoms with Crippen LogP contribution in [0.3, 0.4) is 0 Å². The highest BCUT2D eigenvalue weighted by Crippen LogP contribution is 2.29. The molecule has 5 rings (SSSR count). The molecule has 0 amide bonds. The van der Waals surface area contributed by atoms with Crippen molar-refractivity contribution in [2.24, 2.45) is 0 Å². The maximum absolute atomic E-state index is 6.59. The predicted octanol–water partition coefficient (Wildman–Crippen LogP) is 4.67. The molecule has 0 saturated carbocycles. The van der Waals surface area contributed by atoms with E-state index in [4.69, 9.17) is 11.6 Å². The third-order valence-corrected chi connectivity index (χ3v) is 7.41. The number of hydrogen-bond acceptors (Lipinski definition) is 5. The second kappa shape index (κ2) is 9.91. The maximum atomic E-state index is 6.59. The number of H-pyrrole nitrogens is 1. The number of nitrogens with one attached hydrogen (secondary N) is 1. The fourth-order valence-electron chi connectivity index (χ4n) is 4.81. The van der Waals surface area contributed by atoms with Gasteiger partial charge in [0.15, 0.2) is 0 Å². The van der Waals surface area contributed by atoms with Crippen molar-refractivity contribution in [2.45, 2.75) is 25.4 Å². The number of anilines is 1. The molecule has 3 aromatic rings. The quantitative estimate of drug-likeness (QED) is 0.535. The average Bonchev–Trinajstić information content (AvgIpc) is 3.36. The summed E-state index contributed by atoms with van der Waals surface area (Å²) >= 11 is 10.1. The molecule has 0 bridgehead atoms. The van der Waals surface area contributed by atoms with Crippen molar-refractivity contribution in [2.75, 3.05) is 44.2 Å². The number of aromatic amines is 1. The number of halogens is 2. The molecule has 0 aliphatic carbocycles. The second-order valence-corrected chi connectivity index (χ2v) is 9.95. The number of likely N-dealkylation sites (tertiary alicyclic amines) is 1. The Morgan fingerprint density at radius 1 is 1.00 bits per heavy atom. The highest BCUT2D eigenvalue weighted by Gasteiger charge is 2.28. The number of hydrogen-bond donors (Lipinski definition) is 1. The van der Waals surface area contributed by atoms with E-state index in [0.717, 1.165) is 54.4 Å². The molecule has 8 heteroatoms. The van der Waals surface area contributed by atoms with Gasteiger partial charge in [-0.1, -0.05) is 39.7 Å². The number of piperidine rings is 1. The smallest absolute Gasteiger partial charge is 0.147 e. The number of benzene rings is 1. The van der Waals surface area contributed by atoms with Crippen molar-refractivity contribution in [3.8, 4) is 11.4 Å². The summed E-state index contributed by atoms with van der Waals surface area (Å²) in [6, 6.07) is 11.3. The highest BCUT2D eigenvalue weighted by atomic mass is 79.9. The monoisotopic (exact) mass is 514 g/mol. The summed E-state index contributed by atoms with van der Waals surface area (Å²) in [6.07, 6.45) is 7.89. The zero-order valence-electron chi connectivity index (χ0n) is 18.1. The van der Waals surface area contributed by atoms with E-state index in [1.807, 2.05) is 18.5 Å². The molecule has 2 saturated heterocycles. The first-order valence-electron chi connectivity index (χ1n) is 11.3. The molecule has 2 fully saturated rings. The molecule has 0 atom stereocenters. The van der Waals surface area contributed by atoms with E-state index in [-0.39, 0.29) is 0 Å². The van der Waals surface area contributed by atoms with Crippen LogP contribution in [0.2, 0.25) is 5.02 Å². The van der Waals surface area contributed by atoms with Crippen molar-refractivity contribution >= 4 is 33.3 Å². The van der Waals surface area contributed by atoms with E-state index in [0.29, 0.717) is 11.1 Å². The van der Waals surface area contributed by atoms with Crippen LogP contribution in [0, 0.1) is 0 Å². The normalized spacial score (nSPS) is 18.9. The zero-order chi connectivity index (χ0) is 21.9. The molecule has 1 N–H and O–H groups in total. The lowest BCUT2D eigenvalue weighted by Crippen LogP contribution is -2.53. The molecule has 4 heterocycles. The SMILES string of the molecule is Clc1cc(-c2ncc[nH]2)cnc1N1CCN(C2CCN(Cc3ccc(Br)cc3)CC2)CC1. The van der Waals surface area contributed by atoms with Crippen LogP contribution in [0.5, 0.6) is 0 Å². The van der Waals surface area contributed by atoms with Crippen molar-refractivity contribution in [1.29, 1.82) is 0 Å². The Kier molecular flexibility index (Phi) is 6.78. The third-order valence-electron chi connectivity index (χ3n) is 6.60. The van der Waals surface area contributed by atoms with E-state index < -0.39 is 0 Å². The number of nitrogens with zero attached hydrogens (tertiary/aromatic N) is 5. The van der Waals surface area contributed by atoms with Gasteiger partial charge < -0.3 is 9.88 Å². The number of piperazine rings is 1. The predicted molar refractivity (Wildman–Crippen MR) is 133 cm³/mol. The maximum Gasteiger partial charge on any atom is 0.147 e. The molecule has 2 aromatic heterocycles. The lowest BCUT2D eigenvalue weighted by molar-refractivity contribution is 0.0997. The van der Waals surface area contributed by atoms with Crippen LogP contribution in [0.25, 0.3) is 11.4 Å². The fraction of sp³-hybridized carbons (Fsp3) is 0.417. The van der Waals surface area contributed by atoms with Gasteiger partial charge in [-0.05, 0) is 49.7 Å². The Morgan fingerprint density at radius 3 is 2.41 bits per heavy atom. The van der Waals surface area contributed by atoms with Gasteiger partial charge in [0.25, 0.3) is 0 Å². The van der Waals surface area contributed by atoms with Gasteiger partial charge in [0.2, 0.25) is 0 Å². The van der Waals surface area contributed by atoms with Crippen molar-refractivity contribution in [3.05, 3.63) is 64.0 Å². The summed E-state index contributed by atoms with van der Waals surface area (Å²) in [5.41, 5.74) is 2.31. The van der Waals surface area contributed by atoms with Gasteiger partial charge in [-0.15, -0.1) is 0 Å². The van der Waals surface area contributed by atoms with Crippen LogP contribution in [-0.4, -0.2) is 70.1 Å². The first-order valence-corrected chi connectivity index (χ1v) is 12.4. The van der Waals surface area contributed by atoms with E-state index in [2.05, 4.69) is 69.8 Å². The standard InChI is InChI=1S/C24H28BrClN6/c25-20-3-1-18(2-4-20)17-30-9-5-21(6-10-30)31-11-13-32(14-12-31)24-22(26)15-19(16-29-24)23-27-7-8-28-23/h1-4,7-8,15-16,21H,5-6,9-14,17H2,(H,27,28). The van der Waals surface area contributed by atoms with Crippen LogP contribution < -0.4 is 4.90 Å². The van der Waals surface area contributed by atoms with Crippen LogP contribution in [-0.2, 0) is 6.54 Å². The van der Waals surface area contributed by atoms with E-state index in [1.54, 1.807) is 6.20 Å². The summed E-state index contributed by atoms with van der Waals surface area (Å²) in [6.45, 7) is 7.44. The summed E-state index contributed by atoms with van der Waals surface area (Å²) < 4.78 is 1.14. The first kappa shape index (κ1) is 21.9. The average molecular weight is 516 g/mol. The van der Waals surface area contributed by atoms with Gasteiger partial charge in [0.05, 0.1) is 5.02 Å². The molecule has 0 unspecified atom stereocenters. The Balaban J connectivity index is 1.12. The van der Waals surface area contributed by atoms with E-state index in [9.17, 15) is 0 Å². The number of pyridine rings is 1. The van der Waals surface area contributed by atoms with Gasteiger partial charge in [0, 0.05) is 67.4 Å². The van der Waals surface area contributed by atoms with E-state index >= 15 is 0 Å². The summed E-state index contributed by atoms with van der Waals surface area (Å²) in [5, 5.41) is 0.689. The van der Waals surface area contributed by atoms with Crippen molar-refractivity contribution in [1.82, 2.24) is 24.8 Å². The largest absolute Gasteiger partial charge is 0.353 e. The van der Waals surface area contributed by atoms with Gasteiger partial charge in [-0.3, -0.25) is 9.80 Å². The molecule has 32 heavy (non-hydrogen) atoms. The molecule has 2 aliphatic heterocycles. The Hall–Kier alpha value is -1.93. The molecule has 168 valence electrons. The van der Waals surface area contributed by atoms with Crippen LogP contribution in [0.4, 0.5) is 5.82 Å². The zero-order valence-corrected chi connectivity index (χ0v) is 20.4. The summed E-state index contributed by atoms with van der Waals surface area (Å²) in [7, 11) is 0. The molecule has 0 spiro atoms. The number of rotatable bonds is 5. The Labute approximate surface area is 202 Å². The summed E-state index contributed by atoms with van der Waals surface area (Å²) in [5.74, 6) is 1.67.